The summed E-state index contributed by atoms with van der Waals surface area (Å²) in [6.45, 7) is 5.60. The molecule has 1 unspecified atom stereocenters. The highest BCUT2D eigenvalue weighted by atomic mass is 31.2. The van der Waals surface area contributed by atoms with Crippen molar-refractivity contribution in [1.82, 2.24) is 0 Å². The summed E-state index contributed by atoms with van der Waals surface area (Å²) >= 11 is 0. The monoisotopic (exact) mass is 288 g/mol. The van der Waals surface area contributed by atoms with Gasteiger partial charge in [-0.15, -0.1) is 6.58 Å². The molecule has 1 N–H and O–H groups in total. The van der Waals surface area contributed by atoms with Crippen molar-refractivity contribution in [2.45, 2.75) is 13.3 Å². The minimum Gasteiger partial charge on any atom is -0.421 e. The van der Waals surface area contributed by atoms with Crippen LogP contribution in [0.1, 0.15) is 11.1 Å². The molecule has 0 saturated heterocycles. The van der Waals surface area contributed by atoms with Crippen LogP contribution in [0.5, 0.6) is 5.75 Å². The maximum absolute atomic E-state index is 12.4. The molecule has 2 rings (SSSR count). The number of hydrogen-bond donors (Lipinski definition) is 1. The van der Waals surface area contributed by atoms with Gasteiger partial charge in [0.2, 0.25) is 0 Å². The Balaban J connectivity index is 2.30. The van der Waals surface area contributed by atoms with Crippen LogP contribution in [0, 0.1) is 6.92 Å². The van der Waals surface area contributed by atoms with Crippen LogP contribution in [0.2, 0.25) is 0 Å². The summed E-state index contributed by atoms with van der Waals surface area (Å²) < 4.78 is 17.7. The van der Waals surface area contributed by atoms with Gasteiger partial charge in [-0.3, -0.25) is 0 Å². The van der Waals surface area contributed by atoms with Crippen LogP contribution >= 0.6 is 7.60 Å². The predicted octanol–water partition coefficient (Wildman–Crippen LogP) is 3.61. The number of aryl methyl sites for hydroxylation is 1. The molecular weight excluding hydrogens is 271 g/mol. The Hall–Kier alpha value is -1.83. The first-order valence-electron chi connectivity index (χ1n) is 6.31. The SMILES string of the molecule is C=CCc1ccccc1OP(=O)(O)c1ccc(C)cc1. The normalized spacial score (nSPS) is 13.5. The van der Waals surface area contributed by atoms with Gasteiger partial charge in [-0.2, -0.15) is 0 Å². The molecule has 0 bridgehead atoms. The third-order valence-electron chi connectivity index (χ3n) is 2.92. The van der Waals surface area contributed by atoms with Crippen molar-refractivity contribution in [1.29, 1.82) is 0 Å². The van der Waals surface area contributed by atoms with E-state index in [2.05, 4.69) is 6.58 Å². The summed E-state index contributed by atoms with van der Waals surface area (Å²) in [5.74, 6) is 0.416. The van der Waals surface area contributed by atoms with Crippen molar-refractivity contribution < 1.29 is 14.0 Å². The second-order valence-electron chi connectivity index (χ2n) is 4.55. The van der Waals surface area contributed by atoms with E-state index in [4.69, 9.17) is 4.52 Å². The number of rotatable bonds is 5. The molecule has 0 spiro atoms. The lowest BCUT2D eigenvalue weighted by molar-refractivity contribution is 0.392. The topological polar surface area (TPSA) is 46.5 Å². The summed E-state index contributed by atoms with van der Waals surface area (Å²) in [6.07, 6.45) is 2.32. The third-order valence-corrected chi connectivity index (χ3v) is 4.31. The highest BCUT2D eigenvalue weighted by Crippen LogP contribution is 2.42. The van der Waals surface area contributed by atoms with E-state index in [1.165, 1.54) is 0 Å². The number of allylic oxidation sites excluding steroid dienone is 1. The van der Waals surface area contributed by atoms with Gasteiger partial charge in [-0.05, 0) is 37.1 Å². The van der Waals surface area contributed by atoms with E-state index < -0.39 is 7.60 Å². The molecule has 3 nitrogen and oxygen atoms in total. The van der Waals surface area contributed by atoms with E-state index in [1.54, 1.807) is 42.5 Å². The van der Waals surface area contributed by atoms with E-state index in [0.717, 1.165) is 11.1 Å². The molecule has 0 aliphatic heterocycles. The maximum Gasteiger partial charge on any atom is 0.408 e. The Morgan fingerprint density at radius 1 is 1.20 bits per heavy atom. The number of hydrogen-bond acceptors (Lipinski definition) is 2. The van der Waals surface area contributed by atoms with Gasteiger partial charge in [0, 0.05) is 0 Å². The summed E-state index contributed by atoms with van der Waals surface area (Å²) in [5, 5.41) is 0.288. The molecule has 104 valence electrons. The fourth-order valence-electron chi connectivity index (χ4n) is 1.84. The molecular formula is C16H17O3P. The van der Waals surface area contributed by atoms with Crippen LogP contribution in [0.3, 0.4) is 0 Å². The lowest BCUT2D eigenvalue weighted by Crippen LogP contribution is -2.09. The van der Waals surface area contributed by atoms with Crippen molar-refractivity contribution in [2.24, 2.45) is 0 Å². The Bertz CT molecular complexity index is 647. The van der Waals surface area contributed by atoms with Gasteiger partial charge < -0.3 is 9.42 Å². The van der Waals surface area contributed by atoms with Crippen molar-refractivity contribution in [2.75, 3.05) is 0 Å². The summed E-state index contributed by atoms with van der Waals surface area (Å²) in [5.41, 5.74) is 1.87. The molecule has 0 heterocycles. The van der Waals surface area contributed by atoms with E-state index >= 15 is 0 Å². The van der Waals surface area contributed by atoms with Gasteiger partial charge in [0.25, 0.3) is 0 Å². The molecule has 0 aromatic heterocycles. The lowest BCUT2D eigenvalue weighted by Gasteiger charge is -2.16. The van der Waals surface area contributed by atoms with Gasteiger partial charge >= 0.3 is 7.60 Å². The number of benzene rings is 2. The van der Waals surface area contributed by atoms with Crippen LogP contribution in [0.25, 0.3) is 0 Å². The Morgan fingerprint density at radius 3 is 2.50 bits per heavy atom. The highest BCUT2D eigenvalue weighted by molar-refractivity contribution is 7.61. The van der Waals surface area contributed by atoms with Crippen LogP contribution in [0.15, 0.2) is 61.2 Å². The third kappa shape index (κ3) is 3.38. The van der Waals surface area contributed by atoms with Gasteiger partial charge in [0.15, 0.2) is 0 Å². The smallest absolute Gasteiger partial charge is 0.408 e. The number of para-hydroxylation sites is 1. The molecule has 0 radical (unpaired) electrons. The van der Waals surface area contributed by atoms with Crippen LogP contribution in [-0.2, 0) is 11.0 Å². The largest absolute Gasteiger partial charge is 0.421 e. The second kappa shape index (κ2) is 6.08. The molecule has 0 amide bonds. The van der Waals surface area contributed by atoms with Gasteiger partial charge in [0.05, 0.1) is 5.30 Å². The van der Waals surface area contributed by atoms with E-state index in [-0.39, 0.29) is 5.30 Å². The zero-order chi connectivity index (χ0) is 14.6. The first kappa shape index (κ1) is 14.6. The van der Waals surface area contributed by atoms with E-state index in [1.807, 2.05) is 19.1 Å². The lowest BCUT2D eigenvalue weighted by atomic mass is 10.1. The van der Waals surface area contributed by atoms with Crippen LogP contribution < -0.4 is 9.83 Å². The molecule has 0 fully saturated rings. The molecule has 0 aliphatic rings. The quantitative estimate of drug-likeness (QED) is 0.675. The van der Waals surface area contributed by atoms with E-state index in [0.29, 0.717) is 12.2 Å². The second-order valence-corrected chi connectivity index (χ2v) is 6.29. The van der Waals surface area contributed by atoms with Crippen molar-refractivity contribution in [3.8, 4) is 5.75 Å². The standard InChI is InChI=1S/C16H17O3P/c1-3-6-14-7-4-5-8-16(14)19-20(17,18)15-11-9-13(2)10-12-15/h3-5,7-12H,1,6H2,2H3,(H,17,18). The summed E-state index contributed by atoms with van der Waals surface area (Å²) in [4.78, 5) is 10.1. The van der Waals surface area contributed by atoms with Gasteiger partial charge in [-0.1, -0.05) is 42.0 Å². The fraction of sp³-hybridized carbons (Fsp3) is 0.125. The minimum atomic E-state index is -3.87. The highest BCUT2D eigenvalue weighted by Gasteiger charge is 2.25. The van der Waals surface area contributed by atoms with Gasteiger partial charge in [0.1, 0.15) is 5.75 Å². The molecule has 0 saturated carbocycles. The predicted molar refractivity (Wildman–Crippen MR) is 81.6 cm³/mol. The molecule has 2 aromatic carbocycles. The Morgan fingerprint density at radius 2 is 1.85 bits per heavy atom. The first-order chi connectivity index (χ1) is 9.53. The fourth-order valence-corrected chi connectivity index (χ4v) is 2.91. The zero-order valence-corrected chi connectivity index (χ0v) is 12.2. The average molecular weight is 288 g/mol. The average Bonchev–Trinajstić information content (AvgIpc) is 2.41. The molecule has 4 heteroatoms. The summed E-state index contributed by atoms with van der Waals surface area (Å²) in [6, 6.07) is 14.0. The Kier molecular flexibility index (Phi) is 4.43. The zero-order valence-electron chi connectivity index (χ0n) is 11.3. The van der Waals surface area contributed by atoms with E-state index in [9.17, 15) is 9.46 Å². The molecule has 20 heavy (non-hydrogen) atoms. The van der Waals surface area contributed by atoms with Crippen LogP contribution in [0.4, 0.5) is 0 Å². The Labute approximate surface area is 119 Å². The van der Waals surface area contributed by atoms with Crippen LogP contribution in [-0.4, -0.2) is 4.89 Å². The minimum absolute atomic E-state index is 0.288. The van der Waals surface area contributed by atoms with Crippen molar-refractivity contribution >= 4 is 12.9 Å². The van der Waals surface area contributed by atoms with Crippen molar-refractivity contribution in [3.05, 3.63) is 72.3 Å². The molecule has 1 atom stereocenters. The molecule has 2 aromatic rings. The summed E-state index contributed by atoms with van der Waals surface area (Å²) in [7, 11) is -3.87. The molecule has 0 aliphatic carbocycles. The van der Waals surface area contributed by atoms with Crippen molar-refractivity contribution in [3.63, 3.8) is 0 Å². The van der Waals surface area contributed by atoms with Gasteiger partial charge in [-0.25, -0.2) is 4.57 Å². The maximum atomic E-state index is 12.4. The first-order valence-corrected chi connectivity index (χ1v) is 7.89.